The lowest BCUT2D eigenvalue weighted by Crippen LogP contribution is -2.27. The molecule has 0 aliphatic heterocycles. The number of rotatable bonds is 7. The van der Waals surface area contributed by atoms with Crippen molar-refractivity contribution in [1.82, 2.24) is 10.6 Å². The Bertz CT molecular complexity index is 303. The van der Waals surface area contributed by atoms with Crippen LogP contribution in [-0.4, -0.2) is 36.9 Å². The zero-order valence-electron chi connectivity index (χ0n) is 10.3. The van der Waals surface area contributed by atoms with Gasteiger partial charge in [0.05, 0.1) is 11.5 Å². The average molecular weight is 256 g/mol. The second kappa shape index (κ2) is 8.17. The molecule has 0 radical (unpaired) electrons. The Labute approximate surface area is 107 Å². The van der Waals surface area contributed by atoms with E-state index in [0.717, 1.165) is 6.42 Å². The maximum atomic E-state index is 11.4. The van der Waals surface area contributed by atoms with Crippen molar-refractivity contribution in [2.45, 2.75) is 25.7 Å². The van der Waals surface area contributed by atoms with Gasteiger partial charge in [0.15, 0.2) is 0 Å². The lowest BCUT2D eigenvalue weighted by atomic mass is 10.2. The van der Waals surface area contributed by atoms with Gasteiger partial charge in [0.2, 0.25) is 11.8 Å². The summed E-state index contributed by atoms with van der Waals surface area (Å²) in [5, 5.41) is 5.39. The Morgan fingerprint density at radius 1 is 1.35 bits per heavy atom. The van der Waals surface area contributed by atoms with Gasteiger partial charge < -0.3 is 10.6 Å². The predicted octanol–water partition coefficient (Wildman–Crippen LogP) is 1.08. The third-order valence-electron chi connectivity index (χ3n) is 2.65. The summed E-state index contributed by atoms with van der Waals surface area (Å²) < 4.78 is 0. The highest BCUT2D eigenvalue weighted by Crippen LogP contribution is 2.19. The first-order chi connectivity index (χ1) is 8.22. The van der Waals surface area contributed by atoms with Crippen LogP contribution in [0.5, 0.6) is 0 Å². The van der Waals surface area contributed by atoms with Crippen LogP contribution in [0, 0.1) is 0 Å². The van der Waals surface area contributed by atoms with E-state index in [0.29, 0.717) is 18.1 Å². The molecule has 0 saturated carbocycles. The summed E-state index contributed by atoms with van der Waals surface area (Å²) in [6, 6.07) is 0. The number of nitrogens with one attached hydrogen (secondary N) is 2. The molecule has 2 N–H and O–H groups in total. The van der Waals surface area contributed by atoms with E-state index < -0.39 is 0 Å². The van der Waals surface area contributed by atoms with E-state index in [-0.39, 0.29) is 11.8 Å². The van der Waals surface area contributed by atoms with Gasteiger partial charge in [0.25, 0.3) is 0 Å². The molecule has 0 aromatic heterocycles. The Morgan fingerprint density at radius 3 is 2.76 bits per heavy atom. The maximum Gasteiger partial charge on any atom is 0.230 e. The highest BCUT2D eigenvalue weighted by molar-refractivity contribution is 8.00. The highest BCUT2D eigenvalue weighted by atomic mass is 32.2. The van der Waals surface area contributed by atoms with Gasteiger partial charge in [-0.1, -0.05) is 11.6 Å². The van der Waals surface area contributed by atoms with E-state index in [1.165, 1.54) is 36.6 Å². The molecule has 0 spiro atoms. The average Bonchev–Trinajstić information content (AvgIpc) is 2.82. The minimum Gasteiger partial charge on any atom is -0.358 e. The van der Waals surface area contributed by atoms with Gasteiger partial charge in [-0.2, -0.15) is 0 Å². The zero-order chi connectivity index (χ0) is 12.5. The van der Waals surface area contributed by atoms with E-state index in [1.54, 1.807) is 7.05 Å². The third-order valence-corrected chi connectivity index (χ3v) is 3.58. The van der Waals surface area contributed by atoms with Crippen molar-refractivity contribution in [1.29, 1.82) is 0 Å². The molecule has 0 aromatic carbocycles. The molecule has 0 aromatic rings. The van der Waals surface area contributed by atoms with Crippen LogP contribution in [-0.2, 0) is 9.59 Å². The lowest BCUT2D eigenvalue weighted by molar-refractivity contribution is -0.118. The van der Waals surface area contributed by atoms with Gasteiger partial charge in [-0.05, 0) is 25.7 Å². The molecular formula is C12H20N2O2S. The molecule has 0 unspecified atom stereocenters. The van der Waals surface area contributed by atoms with Crippen LogP contribution in [0.15, 0.2) is 11.6 Å². The second-order valence-corrected chi connectivity index (χ2v) is 5.01. The number of hydrogen-bond acceptors (Lipinski definition) is 3. The van der Waals surface area contributed by atoms with Crippen LogP contribution in [0.4, 0.5) is 0 Å². The van der Waals surface area contributed by atoms with E-state index in [2.05, 4.69) is 16.7 Å². The topological polar surface area (TPSA) is 58.2 Å². The number of hydrogen-bond donors (Lipinski definition) is 2. The van der Waals surface area contributed by atoms with Gasteiger partial charge in [0.1, 0.15) is 0 Å². The third kappa shape index (κ3) is 6.36. The summed E-state index contributed by atoms with van der Waals surface area (Å²) in [7, 11) is 1.60. The summed E-state index contributed by atoms with van der Waals surface area (Å²) in [5.74, 6) is 0.665. The fourth-order valence-corrected chi connectivity index (χ4v) is 2.41. The van der Waals surface area contributed by atoms with Crippen molar-refractivity contribution in [2.75, 3.05) is 25.1 Å². The Kier molecular flexibility index (Phi) is 6.77. The van der Waals surface area contributed by atoms with Gasteiger partial charge in [-0.25, -0.2) is 0 Å². The van der Waals surface area contributed by atoms with Crippen LogP contribution >= 0.6 is 11.8 Å². The Hall–Kier alpha value is -0.970. The molecule has 1 rings (SSSR count). The summed E-state index contributed by atoms with van der Waals surface area (Å²) in [4.78, 5) is 22.3. The fourth-order valence-electron chi connectivity index (χ4n) is 1.69. The van der Waals surface area contributed by atoms with Crippen molar-refractivity contribution in [3.05, 3.63) is 11.6 Å². The summed E-state index contributed by atoms with van der Waals surface area (Å²) >= 11 is 1.34. The summed E-state index contributed by atoms with van der Waals surface area (Å²) in [6.07, 6.45) is 6.86. The Balaban J connectivity index is 1.99. The van der Waals surface area contributed by atoms with Gasteiger partial charge >= 0.3 is 0 Å². The van der Waals surface area contributed by atoms with Crippen LogP contribution in [0.25, 0.3) is 0 Å². The normalized spacial score (nSPS) is 14.3. The van der Waals surface area contributed by atoms with Crippen LogP contribution in [0.2, 0.25) is 0 Å². The minimum absolute atomic E-state index is 0.0116. The Morgan fingerprint density at radius 2 is 2.12 bits per heavy atom. The molecule has 0 bridgehead atoms. The summed E-state index contributed by atoms with van der Waals surface area (Å²) in [5.41, 5.74) is 1.46. The van der Waals surface area contributed by atoms with E-state index in [9.17, 15) is 9.59 Å². The molecule has 0 fully saturated rings. The first-order valence-corrected chi connectivity index (χ1v) is 7.10. The van der Waals surface area contributed by atoms with Gasteiger partial charge in [0, 0.05) is 13.6 Å². The summed E-state index contributed by atoms with van der Waals surface area (Å²) in [6.45, 7) is 0.713. The SMILES string of the molecule is CNC(=O)CSCC(=O)NCCC1=CCCC1. The minimum atomic E-state index is -0.0427. The first kappa shape index (κ1) is 14.1. The van der Waals surface area contributed by atoms with E-state index in [4.69, 9.17) is 0 Å². The smallest absolute Gasteiger partial charge is 0.230 e. The fraction of sp³-hybridized carbons (Fsp3) is 0.667. The quantitative estimate of drug-likeness (QED) is 0.670. The maximum absolute atomic E-state index is 11.4. The predicted molar refractivity (Wildman–Crippen MR) is 71.0 cm³/mol. The van der Waals surface area contributed by atoms with Crippen LogP contribution in [0.1, 0.15) is 25.7 Å². The van der Waals surface area contributed by atoms with Crippen molar-refractivity contribution in [3.8, 4) is 0 Å². The standard InChI is InChI=1S/C12H20N2O2S/c1-13-11(15)8-17-9-12(16)14-7-6-10-4-2-3-5-10/h4H,2-3,5-9H2,1H3,(H,13,15)(H,14,16). The molecule has 2 amide bonds. The second-order valence-electron chi connectivity index (χ2n) is 4.02. The lowest BCUT2D eigenvalue weighted by Gasteiger charge is -2.05. The van der Waals surface area contributed by atoms with E-state index in [1.807, 2.05) is 0 Å². The van der Waals surface area contributed by atoms with Gasteiger partial charge in [-0.3, -0.25) is 9.59 Å². The van der Waals surface area contributed by atoms with Gasteiger partial charge in [-0.15, -0.1) is 11.8 Å². The van der Waals surface area contributed by atoms with Crippen molar-refractivity contribution < 1.29 is 9.59 Å². The largest absolute Gasteiger partial charge is 0.358 e. The number of thioether (sulfide) groups is 1. The highest BCUT2D eigenvalue weighted by Gasteiger charge is 2.06. The number of carbonyl (C=O) groups is 2. The van der Waals surface area contributed by atoms with Crippen LogP contribution < -0.4 is 10.6 Å². The molecule has 1 aliphatic rings. The van der Waals surface area contributed by atoms with E-state index >= 15 is 0 Å². The first-order valence-electron chi connectivity index (χ1n) is 5.95. The van der Waals surface area contributed by atoms with Crippen molar-refractivity contribution in [2.24, 2.45) is 0 Å². The van der Waals surface area contributed by atoms with Crippen molar-refractivity contribution >= 4 is 23.6 Å². The molecular weight excluding hydrogens is 236 g/mol. The zero-order valence-corrected chi connectivity index (χ0v) is 11.1. The molecule has 0 heterocycles. The monoisotopic (exact) mass is 256 g/mol. The van der Waals surface area contributed by atoms with Crippen molar-refractivity contribution in [3.63, 3.8) is 0 Å². The molecule has 0 saturated heterocycles. The molecule has 96 valence electrons. The molecule has 4 nitrogen and oxygen atoms in total. The molecule has 5 heteroatoms. The molecule has 17 heavy (non-hydrogen) atoms. The molecule has 1 aliphatic carbocycles. The number of amides is 2. The number of allylic oxidation sites excluding steroid dienone is 1. The van der Waals surface area contributed by atoms with Crippen LogP contribution in [0.3, 0.4) is 0 Å². The molecule has 0 atom stereocenters. The number of carbonyl (C=O) groups excluding carboxylic acids is 2.